The van der Waals surface area contributed by atoms with Gasteiger partial charge in [0, 0.05) is 25.0 Å². The molecule has 2 heterocycles. The Morgan fingerprint density at radius 1 is 1.56 bits per heavy atom. The van der Waals surface area contributed by atoms with Crippen LogP contribution < -0.4 is 0 Å². The van der Waals surface area contributed by atoms with Gasteiger partial charge in [0.1, 0.15) is 0 Å². The average molecular weight is 271 g/mol. The molecule has 5 nitrogen and oxygen atoms in total. The summed E-state index contributed by atoms with van der Waals surface area (Å²) in [6.45, 7) is 4.79. The summed E-state index contributed by atoms with van der Waals surface area (Å²) in [4.78, 5) is 0. The second-order valence-electron chi connectivity index (χ2n) is 5.25. The lowest BCUT2D eigenvalue weighted by Gasteiger charge is -2.32. The van der Waals surface area contributed by atoms with Crippen LogP contribution in [0.25, 0.3) is 0 Å². The molecule has 1 aliphatic heterocycles. The molecule has 2 rings (SSSR count). The first-order valence-electron chi connectivity index (χ1n) is 6.47. The average Bonchev–Trinajstić information content (AvgIpc) is 2.82. The second kappa shape index (κ2) is 5.40. The van der Waals surface area contributed by atoms with Gasteiger partial charge in [0.05, 0.1) is 5.25 Å². The van der Waals surface area contributed by atoms with E-state index in [1.54, 1.807) is 24.3 Å². The molecule has 1 atom stereocenters. The monoisotopic (exact) mass is 271 g/mol. The third-order valence-electron chi connectivity index (χ3n) is 3.50. The van der Waals surface area contributed by atoms with Gasteiger partial charge in [0.25, 0.3) is 0 Å². The zero-order chi connectivity index (χ0) is 13.2. The van der Waals surface area contributed by atoms with Crippen LogP contribution >= 0.6 is 0 Å². The fourth-order valence-electron chi connectivity index (χ4n) is 2.43. The molecule has 1 aromatic heterocycles. The van der Waals surface area contributed by atoms with Gasteiger partial charge in [-0.15, -0.1) is 0 Å². The molecule has 1 N–H and O–H groups in total. The van der Waals surface area contributed by atoms with Crippen molar-refractivity contribution in [2.45, 2.75) is 38.4 Å². The maximum atomic E-state index is 12.1. The first-order valence-corrected chi connectivity index (χ1v) is 7.97. The van der Waals surface area contributed by atoms with Crippen LogP contribution in [0.5, 0.6) is 0 Å². The Kier molecular flexibility index (Phi) is 4.07. The zero-order valence-electron chi connectivity index (χ0n) is 11.0. The smallest absolute Gasteiger partial charge is 0.216 e. The Morgan fingerprint density at radius 2 is 2.33 bits per heavy atom. The van der Waals surface area contributed by atoms with Crippen LogP contribution in [0.15, 0.2) is 12.3 Å². The fraction of sp³-hybridized carbons (Fsp3) is 0.750. The van der Waals surface area contributed by atoms with Crippen LogP contribution in [-0.2, 0) is 16.4 Å². The lowest BCUT2D eigenvalue weighted by Crippen LogP contribution is -2.43. The summed E-state index contributed by atoms with van der Waals surface area (Å²) in [7, 11) is -3.10. The van der Waals surface area contributed by atoms with Gasteiger partial charge < -0.3 is 0 Å². The molecule has 102 valence electrons. The molecule has 0 aliphatic carbocycles. The van der Waals surface area contributed by atoms with Crippen molar-refractivity contribution in [2.24, 2.45) is 5.92 Å². The van der Waals surface area contributed by atoms with E-state index >= 15 is 0 Å². The predicted molar refractivity (Wildman–Crippen MR) is 70.6 cm³/mol. The standard InChI is InChI=1S/C12H21N3O2S/c1-10(2)18(16,17)15-7-3-4-11(9-15)8-12-5-6-13-14-12/h5-6,10-11H,3-4,7-9H2,1-2H3,(H,13,14). The van der Waals surface area contributed by atoms with Gasteiger partial charge >= 0.3 is 0 Å². The van der Waals surface area contributed by atoms with Gasteiger partial charge in [0.15, 0.2) is 0 Å². The number of hydrogen-bond donors (Lipinski definition) is 1. The molecule has 0 spiro atoms. The number of H-pyrrole nitrogens is 1. The van der Waals surface area contributed by atoms with Gasteiger partial charge in [-0.1, -0.05) is 0 Å². The Bertz CT molecular complexity index is 468. The highest BCUT2D eigenvalue weighted by Crippen LogP contribution is 2.23. The summed E-state index contributed by atoms with van der Waals surface area (Å²) in [6, 6.07) is 1.95. The molecule has 6 heteroatoms. The van der Waals surface area contributed by atoms with Gasteiger partial charge in [-0.2, -0.15) is 5.10 Å². The molecule has 0 aromatic carbocycles. The molecule has 1 unspecified atom stereocenters. The Morgan fingerprint density at radius 3 is 2.94 bits per heavy atom. The number of piperidine rings is 1. The fourth-order valence-corrected chi connectivity index (χ4v) is 3.83. The van der Waals surface area contributed by atoms with Crippen LogP contribution in [0.1, 0.15) is 32.4 Å². The van der Waals surface area contributed by atoms with Crippen LogP contribution in [0.3, 0.4) is 0 Å². The number of hydrogen-bond acceptors (Lipinski definition) is 3. The molecule has 0 bridgehead atoms. The van der Waals surface area contributed by atoms with Gasteiger partial charge in [0.2, 0.25) is 10.0 Å². The largest absolute Gasteiger partial charge is 0.283 e. The highest BCUT2D eigenvalue weighted by Gasteiger charge is 2.30. The first kappa shape index (κ1) is 13.5. The molecule has 0 amide bonds. The minimum Gasteiger partial charge on any atom is -0.283 e. The van der Waals surface area contributed by atoms with E-state index in [2.05, 4.69) is 10.2 Å². The number of nitrogens with one attached hydrogen (secondary N) is 1. The summed E-state index contributed by atoms with van der Waals surface area (Å²) in [5, 5.41) is 6.54. The van der Waals surface area contributed by atoms with E-state index in [1.165, 1.54) is 0 Å². The van der Waals surface area contributed by atoms with Crippen LogP contribution in [-0.4, -0.2) is 41.3 Å². The number of aromatic amines is 1. The highest BCUT2D eigenvalue weighted by molar-refractivity contribution is 7.89. The summed E-state index contributed by atoms with van der Waals surface area (Å²) in [5.41, 5.74) is 1.09. The van der Waals surface area contributed by atoms with Gasteiger partial charge in [-0.05, 0) is 45.1 Å². The maximum absolute atomic E-state index is 12.1. The number of nitrogens with zero attached hydrogens (tertiary/aromatic N) is 2. The molecule has 1 aliphatic rings. The SMILES string of the molecule is CC(C)S(=O)(=O)N1CCCC(Cc2ccn[nH]2)C1. The lowest BCUT2D eigenvalue weighted by molar-refractivity contribution is 0.262. The van der Waals surface area contributed by atoms with Crippen LogP contribution in [0, 0.1) is 5.92 Å². The minimum atomic E-state index is -3.10. The third-order valence-corrected chi connectivity index (χ3v) is 5.75. The molecule has 1 fully saturated rings. The topological polar surface area (TPSA) is 66.1 Å². The van der Waals surface area contributed by atoms with E-state index in [0.29, 0.717) is 19.0 Å². The Labute approximate surface area is 109 Å². The molecule has 18 heavy (non-hydrogen) atoms. The molecular weight excluding hydrogens is 250 g/mol. The highest BCUT2D eigenvalue weighted by atomic mass is 32.2. The predicted octanol–water partition coefficient (Wildman–Crippen LogP) is 1.40. The van der Waals surface area contributed by atoms with Gasteiger partial charge in [-0.3, -0.25) is 5.10 Å². The van der Waals surface area contributed by atoms with Crippen molar-refractivity contribution in [3.8, 4) is 0 Å². The van der Waals surface area contributed by atoms with Crippen LogP contribution in [0.2, 0.25) is 0 Å². The van der Waals surface area contributed by atoms with E-state index < -0.39 is 10.0 Å². The number of sulfonamides is 1. The van der Waals surface area contributed by atoms with Crippen molar-refractivity contribution in [3.63, 3.8) is 0 Å². The number of rotatable bonds is 4. The third kappa shape index (κ3) is 2.92. The van der Waals surface area contributed by atoms with Crippen molar-refractivity contribution in [2.75, 3.05) is 13.1 Å². The van der Waals surface area contributed by atoms with Crippen molar-refractivity contribution >= 4 is 10.0 Å². The quantitative estimate of drug-likeness (QED) is 0.900. The molecule has 0 saturated carbocycles. The molecular formula is C12H21N3O2S. The first-order chi connectivity index (χ1) is 8.50. The van der Waals surface area contributed by atoms with Crippen molar-refractivity contribution in [1.29, 1.82) is 0 Å². The summed E-state index contributed by atoms with van der Waals surface area (Å²) in [5.74, 6) is 0.396. The maximum Gasteiger partial charge on any atom is 0.216 e. The van der Waals surface area contributed by atoms with Crippen molar-refractivity contribution in [3.05, 3.63) is 18.0 Å². The lowest BCUT2D eigenvalue weighted by atomic mass is 9.95. The zero-order valence-corrected chi connectivity index (χ0v) is 11.8. The normalized spacial score (nSPS) is 22.5. The minimum absolute atomic E-state index is 0.330. The van der Waals surface area contributed by atoms with Crippen molar-refractivity contribution < 1.29 is 8.42 Å². The van der Waals surface area contributed by atoms with Gasteiger partial charge in [-0.25, -0.2) is 12.7 Å². The van der Waals surface area contributed by atoms with Crippen LogP contribution in [0.4, 0.5) is 0 Å². The molecule has 0 radical (unpaired) electrons. The summed E-state index contributed by atoms with van der Waals surface area (Å²) >= 11 is 0. The van der Waals surface area contributed by atoms with E-state index in [4.69, 9.17) is 0 Å². The summed E-state index contributed by atoms with van der Waals surface area (Å²) < 4.78 is 25.9. The van der Waals surface area contributed by atoms with E-state index in [9.17, 15) is 8.42 Å². The van der Waals surface area contributed by atoms with E-state index in [1.807, 2.05) is 6.07 Å². The number of aromatic nitrogens is 2. The second-order valence-corrected chi connectivity index (χ2v) is 7.74. The Hall–Kier alpha value is -0.880. The Balaban J connectivity index is 2.01. The summed E-state index contributed by atoms with van der Waals surface area (Å²) in [6.07, 6.45) is 4.65. The van der Waals surface area contributed by atoms with Crippen molar-refractivity contribution in [1.82, 2.24) is 14.5 Å². The van der Waals surface area contributed by atoms with E-state index in [-0.39, 0.29) is 5.25 Å². The molecule has 1 aromatic rings. The molecule has 1 saturated heterocycles. The van der Waals surface area contributed by atoms with E-state index in [0.717, 1.165) is 25.0 Å².